The van der Waals surface area contributed by atoms with Crippen molar-refractivity contribution in [3.05, 3.63) is 34.4 Å². The summed E-state index contributed by atoms with van der Waals surface area (Å²) in [5.41, 5.74) is 2.17. The zero-order valence-corrected chi connectivity index (χ0v) is 13.9. The highest BCUT2D eigenvalue weighted by Gasteiger charge is 2.31. The van der Waals surface area contributed by atoms with E-state index in [0.717, 1.165) is 6.92 Å². The first-order chi connectivity index (χ1) is 11.8. The number of nitrogens with one attached hydrogen (secondary N) is 2. The molecule has 1 rings (SSSR count). The molecule has 0 saturated heterocycles. The summed E-state index contributed by atoms with van der Waals surface area (Å²) >= 11 is 0. The van der Waals surface area contributed by atoms with E-state index in [2.05, 4.69) is 15.8 Å². The fourth-order valence-corrected chi connectivity index (χ4v) is 1.89. The monoisotopic (exact) mass is 350 g/mol. The van der Waals surface area contributed by atoms with E-state index in [1.807, 2.05) is 0 Å². The highest BCUT2D eigenvalue weighted by Crippen LogP contribution is 2.23. The molecule has 134 valence electrons. The zero-order valence-electron chi connectivity index (χ0n) is 13.9. The van der Waals surface area contributed by atoms with Crippen molar-refractivity contribution < 1.29 is 24.0 Å². The van der Waals surface area contributed by atoms with E-state index >= 15 is 0 Å². The van der Waals surface area contributed by atoms with Gasteiger partial charge < -0.3 is 10.1 Å². The Kier molecular flexibility index (Phi) is 7.19. The molecule has 0 saturated carbocycles. The average molecular weight is 350 g/mol. The number of anilines is 1. The molecule has 1 atom stereocenters. The Hall–Kier alpha value is -3.30. The fraction of sp³-hybridized carbons (Fsp3) is 0.333. The number of nitro groups is 1. The van der Waals surface area contributed by atoms with Crippen LogP contribution in [0, 0.1) is 16.0 Å². The predicted molar refractivity (Wildman–Crippen MR) is 88.8 cm³/mol. The number of Topliss-reactive ketones (excluding diaryl/α,β-unsaturated/α-hetero) is 1. The van der Waals surface area contributed by atoms with Gasteiger partial charge in [-0.1, -0.05) is 12.1 Å². The van der Waals surface area contributed by atoms with Gasteiger partial charge in [0, 0.05) is 13.0 Å². The summed E-state index contributed by atoms with van der Waals surface area (Å²) in [6.07, 6.45) is 0. The number of carbonyl (C=O) groups excluding carboxylic acids is 3. The predicted octanol–water partition coefficient (Wildman–Crippen LogP) is 1.22. The van der Waals surface area contributed by atoms with Gasteiger partial charge in [0.25, 0.3) is 5.69 Å². The summed E-state index contributed by atoms with van der Waals surface area (Å²) in [6, 6.07) is 5.65. The van der Waals surface area contributed by atoms with Gasteiger partial charge >= 0.3 is 5.97 Å². The summed E-state index contributed by atoms with van der Waals surface area (Å²) in [6.45, 7) is 3.91. The van der Waals surface area contributed by atoms with Crippen LogP contribution in [0.5, 0.6) is 0 Å². The molecule has 0 fully saturated rings. The van der Waals surface area contributed by atoms with Crippen molar-refractivity contribution in [2.75, 3.05) is 12.0 Å². The molecule has 0 unspecified atom stereocenters. The quantitative estimate of drug-likeness (QED) is 0.188. The Morgan fingerprint density at radius 2 is 1.92 bits per heavy atom. The molecule has 0 bridgehead atoms. The zero-order chi connectivity index (χ0) is 19.0. The molecular weight excluding hydrogens is 332 g/mol. The minimum Gasteiger partial charge on any atom is -0.465 e. The van der Waals surface area contributed by atoms with Crippen LogP contribution in [0.4, 0.5) is 11.4 Å². The number of benzene rings is 1. The van der Waals surface area contributed by atoms with Gasteiger partial charge in [-0.2, -0.15) is 5.10 Å². The molecule has 0 aromatic heterocycles. The van der Waals surface area contributed by atoms with Crippen molar-refractivity contribution in [1.29, 1.82) is 0 Å². The summed E-state index contributed by atoms with van der Waals surface area (Å²) in [5.74, 6) is -3.82. The third kappa shape index (κ3) is 5.68. The minimum atomic E-state index is -1.46. The van der Waals surface area contributed by atoms with E-state index in [0.29, 0.717) is 0 Å². The molecule has 0 aliphatic heterocycles. The SMILES string of the molecule is CCOC(=O)[C@H](C(C)=O)/C(=N/Nc1ccccc1[N+](=O)[O-])NC(C)=O. The first-order valence-electron chi connectivity index (χ1n) is 7.29. The Morgan fingerprint density at radius 1 is 1.28 bits per heavy atom. The van der Waals surface area contributed by atoms with Crippen molar-refractivity contribution in [3.63, 3.8) is 0 Å². The molecule has 0 aliphatic rings. The van der Waals surface area contributed by atoms with Crippen LogP contribution in [0.2, 0.25) is 0 Å². The number of para-hydroxylation sites is 2. The van der Waals surface area contributed by atoms with Crippen molar-refractivity contribution in [3.8, 4) is 0 Å². The molecular formula is C15H18N4O6. The summed E-state index contributed by atoms with van der Waals surface area (Å²) < 4.78 is 4.81. The average Bonchev–Trinajstić information content (AvgIpc) is 2.52. The smallest absolute Gasteiger partial charge is 0.324 e. The van der Waals surface area contributed by atoms with E-state index < -0.39 is 28.5 Å². The van der Waals surface area contributed by atoms with Gasteiger partial charge in [-0.05, 0) is 19.9 Å². The number of rotatable bonds is 7. The Balaban J connectivity index is 3.23. The van der Waals surface area contributed by atoms with E-state index in [1.54, 1.807) is 6.92 Å². The van der Waals surface area contributed by atoms with Gasteiger partial charge in [-0.15, -0.1) is 0 Å². The highest BCUT2D eigenvalue weighted by atomic mass is 16.6. The molecule has 25 heavy (non-hydrogen) atoms. The number of hydrazone groups is 1. The number of hydrogen-bond donors (Lipinski definition) is 2. The fourth-order valence-electron chi connectivity index (χ4n) is 1.89. The van der Waals surface area contributed by atoms with Gasteiger partial charge in [-0.25, -0.2) is 0 Å². The standard InChI is InChI=1S/C15H18N4O6/c1-4-25-15(22)13(9(2)20)14(16-10(3)21)18-17-11-7-5-6-8-12(11)19(23)24/h5-8,13,17H,4H2,1-3H3,(H,16,18,21)/t13-/m1/s1. The number of carbonyl (C=O) groups is 3. The van der Waals surface area contributed by atoms with Crippen LogP contribution in [0.3, 0.4) is 0 Å². The largest absolute Gasteiger partial charge is 0.465 e. The first kappa shape index (κ1) is 19.7. The Morgan fingerprint density at radius 3 is 2.44 bits per heavy atom. The lowest BCUT2D eigenvalue weighted by molar-refractivity contribution is -0.384. The van der Waals surface area contributed by atoms with Crippen LogP contribution >= 0.6 is 0 Å². The van der Waals surface area contributed by atoms with Crippen molar-refractivity contribution in [1.82, 2.24) is 5.32 Å². The van der Waals surface area contributed by atoms with E-state index in [-0.39, 0.29) is 23.8 Å². The van der Waals surface area contributed by atoms with Crippen LogP contribution in [-0.2, 0) is 19.1 Å². The molecule has 1 amide bonds. The van der Waals surface area contributed by atoms with E-state index in [9.17, 15) is 24.5 Å². The second kappa shape index (κ2) is 9.11. The summed E-state index contributed by atoms with van der Waals surface area (Å²) in [4.78, 5) is 45.5. The molecule has 0 heterocycles. The van der Waals surface area contributed by atoms with Crippen LogP contribution < -0.4 is 10.7 Å². The van der Waals surface area contributed by atoms with Crippen molar-refractivity contribution >= 4 is 34.9 Å². The summed E-state index contributed by atoms with van der Waals surface area (Å²) in [5, 5.41) is 17.1. The van der Waals surface area contributed by atoms with Crippen molar-refractivity contribution in [2.24, 2.45) is 11.0 Å². The second-order valence-electron chi connectivity index (χ2n) is 4.86. The van der Waals surface area contributed by atoms with Crippen molar-refractivity contribution in [2.45, 2.75) is 20.8 Å². The molecule has 10 heteroatoms. The molecule has 1 aromatic rings. The van der Waals surface area contributed by atoms with Gasteiger partial charge in [-0.3, -0.25) is 29.9 Å². The molecule has 10 nitrogen and oxygen atoms in total. The number of amidine groups is 1. The maximum Gasteiger partial charge on any atom is 0.324 e. The number of ether oxygens (including phenoxy) is 1. The normalized spacial score (nSPS) is 12.0. The summed E-state index contributed by atoms with van der Waals surface area (Å²) in [7, 11) is 0. The Labute approximate surface area is 143 Å². The van der Waals surface area contributed by atoms with E-state index in [1.165, 1.54) is 31.2 Å². The lowest BCUT2D eigenvalue weighted by Crippen LogP contribution is -2.43. The molecule has 2 N–H and O–H groups in total. The molecule has 1 aromatic carbocycles. The third-order valence-electron chi connectivity index (χ3n) is 2.90. The first-order valence-corrected chi connectivity index (χ1v) is 7.29. The number of nitro benzene ring substituents is 1. The number of hydrogen-bond acceptors (Lipinski definition) is 8. The third-order valence-corrected chi connectivity index (χ3v) is 2.90. The maximum atomic E-state index is 12.0. The maximum absolute atomic E-state index is 12.0. The molecule has 0 aliphatic carbocycles. The van der Waals surface area contributed by atoms with Gasteiger partial charge in [0.15, 0.2) is 17.5 Å². The number of amides is 1. The minimum absolute atomic E-state index is 0.0292. The van der Waals surface area contributed by atoms with Crippen LogP contribution in [0.25, 0.3) is 0 Å². The van der Waals surface area contributed by atoms with Crippen LogP contribution in [-0.4, -0.2) is 35.0 Å². The van der Waals surface area contributed by atoms with Crippen LogP contribution in [0.15, 0.2) is 29.4 Å². The highest BCUT2D eigenvalue weighted by molar-refractivity contribution is 6.20. The lowest BCUT2D eigenvalue weighted by atomic mass is 10.0. The lowest BCUT2D eigenvalue weighted by Gasteiger charge is -2.15. The number of ketones is 1. The Bertz CT molecular complexity index is 716. The van der Waals surface area contributed by atoms with E-state index in [4.69, 9.17) is 4.74 Å². The topological polar surface area (TPSA) is 140 Å². The second-order valence-corrected chi connectivity index (χ2v) is 4.86. The van der Waals surface area contributed by atoms with Gasteiger partial charge in [0.1, 0.15) is 5.69 Å². The van der Waals surface area contributed by atoms with Crippen LogP contribution in [0.1, 0.15) is 20.8 Å². The van der Waals surface area contributed by atoms with Gasteiger partial charge in [0.2, 0.25) is 5.91 Å². The van der Waals surface area contributed by atoms with Gasteiger partial charge in [0.05, 0.1) is 11.5 Å². The molecule has 0 radical (unpaired) electrons. The number of nitrogens with zero attached hydrogens (tertiary/aromatic N) is 2. The molecule has 0 spiro atoms. The number of esters is 1.